The van der Waals surface area contributed by atoms with Crippen molar-refractivity contribution in [2.75, 3.05) is 6.61 Å². The van der Waals surface area contributed by atoms with E-state index >= 15 is 0 Å². The van der Waals surface area contributed by atoms with Crippen LogP contribution in [-0.2, 0) is 14.3 Å². The largest absolute Gasteiger partial charge is 0.370 e. The van der Waals surface area contributed by atoms with Gasteiger partial charge in [0.05, 0.1) is 6.42 Å². The number of hydrogen-bond acceptors (Lipinski definition) is 3. The van der Waals surface area contributed by atoms with E-state index in [0.717, 1.165) is 6.42 Å². The minimum absolute atomic E-state index is 0.465. The predicted molar refractivity (Wildman–Crippen MR) is 44.2 cm³/mol. The SMILES string of the molecule is CC(F)(F)C(=O)CC(=O)C1CCCO1. The molecule has 1 atom stereocenters. The van der Waals surface area contributed by atoms with Gasteiger partial charge in [0.15, 0.2) is 5.78 Å². The summed E-state index contributed by atoms with van der Waals surface area (Å²) in [6.45, 7) is 0.964. The second-order valence-electron chi connectivity index (χ2n) is 3.46. The summed E-state index contributed by atoms with van der Waals surface area (Å²) in [6, 6.07) is 0. The molecule has 0 saturated carbocycles. The van der Waals surface area contributed by atoms with Gasteiger partial charge in [-0.2, -0.15) is 8.78 Å². The van der Waals surface area contributed by atoms with Gasteiger partial charge in [-0.25, -0.2) is 0 Å². The van der Waals surface area contributed by atoms with E-state index < -0.39 is 30.0 Å². The molecular weight excluding hydrogens is 194 g/mol. The van der Waals surface area contributed by atoms with Crippen molar-refractivity contribution >= 4 is 11.6 Å². The van der Waals surface area contributed by atoms with Gasteiger partial charge in [-0.3, -0.25) is 9.59 Å². The van der Waals surface area contributed by atoms with Gasteiger partial charge in [0, 0.05) is 13.5 Å². The number of halogens is 2. The Morgan fingerprint density at radius 2 is 2.14 bits per heavy atom. The summed E-state index contributed by atoms with van der Waals surface area (Å²) in [5.41, 5.74) is 0. The molecule has 0 spiro atoms. The van der Waals surface area contributed by atoms with Crippen LogP contribution in [0.5, 0.6) is 0 Å². The predicted octanol–water partition coefficient (Wildman–Crippen LogP) is 1.35. The van der Waals surface area contributed by atoms with Crippen LogP contribution in [0, 0.1) is 0 Å². The molecule has 1 aliphatic rings. The molecule has 14 heavy (non-hydrogen) atoms. The van der Waals surface area contributed by atoms with Crippen molar-refractivity contribution in [1.82, 2.24) is 0 Å². The van der Waals surface area contributed by atoms with Gasteiger partial charge in [0.25, 0.3) is 0 Å². The zero-order valence-corrected chi connectivity index (χ0v) is 7.89. The number of Topliss-reactive ketones (excluding diaryl/α,β-unsaturated/α-hetero) is 2. The highest BCUT2D eigenvalue weighted by Gasteiger charge is 2.35. The highest BCUT2D eigenvalue weighted by molar-refractivity contribution is 6.03. The van der Waals surface area contributed by atoms with E-state index in [1.807, 2.05) is 0 Å². The van der Waals surface area contributed by atoms with E-state index in [4.69, 9.17) is 4.74 Å². The Morgan fingerprint density at radius 1 is 1.50 bits per heavy atom. The van der Waals surface area contributed by atoms with Crippen LogP contribution in [0.2, 0.25) is 0 Å². The molecule has 0 bridgehead atoms. The Morgan fingerprint density at radius 3 is 2.57 bits per heavy atom. The van der Waals surface area contributed by atoms with E-state index in [1.165, 1.54) is 0 Å². The molecule has 5 heteroatoms. The molecule has 1 unspecified atom stereocenters. The maximum Gasteiger partial charge on any atom is 0.302 e. The molecule has 1 heterocycles. The van der Waals surface area contributed by atoms with Crippen molar-refractivity contribution in [3.05, 3.63) is 0 Å². The maximum absolute atomic E-state index is 12.4. The Bertz CT molecular complexity index is 239. The van der Waals surface area contributed by atoms with Crippen LogP contribution in [0.4, 0.5) is 8.78 Å². The summed E-state index contributed by atoms with van der Waals surface area (Å²) in [5, 5.41) is 0. The maximum atomic E-state index is 12.4. The molecule has 0 aromatic rings. The van der Waals surface area contributed by atoms with Crippen molar-refractivity contribution < 1.29 is 23.1 Å². The monoisotopic (exact) mass is 206 g/mol. The summed E-state index contributed by atoms with van der Waals surface area (Å²) in [4.78, 5) is 22.0. The fourth-order valence-electron chi connectivity index (χ4n) is 1.26. The standard InChI is InChI=1S/C9H12F2O3/c1-9(10,11)8(13)5-6(12)7-3-2-4-14-7/h7H,2-5H2,1H3. The first-order chi connectivity index (χ1) is 6.41. The van der Waals surface area contributed by atoms with Gasteiger partial charge in [-0.15, -0.1) is 0 Å². The zero-order chi connectivity index (χ0) is 10.8. The van der Waals surface area contributed by atoms with Crippen molar-refractivity contribution in [1.29, 1.82) is 0 Å². The average molecular weight is 206 g/mol. The first-order valence-corrected chi connectivity index (χ1v) is 4.46. The Kier molecular flexibility index (Phi) is 3.31. The van der Waals surface area contributed by atoms with Crippen LogP contribution in [0.3, 0.4) is 0 Å². The lowest BCUT2D eigenvalue weighted by molar-refractivity contribution is -0.145. The van der Waals surface area contributed by atoms with E-state index in [0.29, 0.717) is 20.0 Å². The normalized spacial score (nSPS) is 22.4. The molecule has 1 saturated heterocycles. The first kappa shape index (κ1) is 11.2. The Labute approximate surface area is 80.4 Å². The number of ketones is 2. The van der Waals surface area contributed by atoms with E-state index in [-0.39, 0.29) is 0 Å². The number of carbonyl (C=O) groups is 2. The summed E-state index contributed by atoms with van der Waals surface area (Å²) in [6.07, 6.45) is -0.107. The summed E-state index contributed by atoms with van der Waals surface area (Å²) < 4.78 is 29.8. The minimum atomic E-state index is -3.42. The molecule has 80 valence electrons. The van der Waals surface area contributed by atoms with Crippen LogP contribution in [0.15, 0.2) is 0 Å². The Balaban J connectivity index is 2.44. The number of ether oxygens (including phenoxy) is 1. The average Bonchev–Trinajstić information content (AvgIpc) is 2.53. The van der Waals surface area contributed by atoms with Crippen LogP contribution < -0.4 is 0 Å². The third-order valence-corrected chi connectivity index (χ3v) is 2.11. The van der Waals surface area contributed by atoms with Crippen LogP contribution >= 0.6 is 0 Å². The summed E-state index contributed by atoms with van der Waals surface area (Å²) in [5.74, 6) is -5.29. The lowest BCUT2D eigenvalue weighted by atomic mass is 10.0. The minimum Gasteiger partial charge on any atom is -0.370 e. The lowest BCUT2D eigenvalue weighted by Crippen LogP contribution is -2.30. The van der Waals surface area contributed by atoms with Gasteiger partial charge >= 0.3 is 5.92 Å². The smallest absolute Gasteiger partial charge is 0.302 e. The summed E-state index contributed by atoms with van der Waals surface area (Å²) in [7, 11) is 0. The molecule has 1 rings (SSSR count). The molecule has 1 fully saturated rings. The molecule has 3 nitrogen and oxygen atoms in total. The number of alkyl halides is 2. The molecular formula is C9H12F2O3. The van der Waals surface area contributed by atoms with Crippen LogP contribution in [0.25, 0.3) is 0 Å². The topological polar surface area (TPSA) is 43.4 Å². The van der Waals surface area contributed by atoms with Gasteiger partial charge < -0.3 is 4.74 Å². The molecule has 0 N–H and O–H groups in total. The number of carbonyl (C=O) groups excluding carboxylic acids is 2. The van der Waals surface area contributed by atoms with Crippen LogP contribution in [-0.4, -0.2) is 30.2 Å². The second kappa shape index (κ2) is 4.13. The van der Waals surface area contributed by atoms with Crippen molar-refractivity contribution in [3.63, 3.8) is 0 Å². The molecule has 0 aromatic carbocycles. The van der Waals surface area contributed by atoms with Gasteiger partial charge in [-0.05, 0) is 12.8 Å². The van der Waals surface area contributed by atoms with Gasteiger partial charge in [0.1, 0.15) is 6.10 Å². The quantitative estimate of drug-likeness (QED) is 0.652. The van der Waals surface area contributed by atoms with E-state index in [1.54, 1.807) is 0 Å². The molecule has 0 aliphatic carbocycles. The van der Waals surface area contributed by atoms with Crippen molar-refractivity contribution in [3.8, 4) is 0 Å². The molecule has 0 amide bonds. The summed E-state index contributed by atoms with van der Waals surface area (Å²) >= 11 is 0. The number of hydrogen-bond donors (Lipinski definition) is 0. The van der Waals surface area contributed by atoms with E-state index in [9.17, 15) is 18.4 Å². The highest BCUT2D eigenvalue weighted by Crippen LogP contribution is 2.19. The van der Waals surface area contributed by atoms with Crippen molar-refractivity contribution in [2.45, 2.75) is 38.2 Å². The molecule has 0 aromatic heterocycles. The highest BCUT2D eigenvalue weighted by atomic mass is 19.3. The van der Waals surface area contributed by atoms with Crippen molar-refractivity contribution in [2.24, 2.45) is 0 Å². The fraction of sp³-hybridized carbons (Fsp3) is 0.778. The third-order valence-electron chi connectivity index (χ3n) is 2.11. The van der Waals surface area contributed by atoms with E-state index in [2.05, 4.69) is 0 Å². The fourth-order valence-corrected chi connectivity index (χ4v) is 1.26. The lowest BCUT2D eigenvalue weighted by Gasteiger charge is -2.10. The number of rotatable bonds is 4. The van der Waals surface area contributed by atoms with Gasteiger partial charge in [-0.1, -0.05) is 0 Å². The first-order valence-electron chi connectivity index (χ1n) is 4.46. The molecule has 0 radical (unpaired) electrons. The van der Waals surface area contributed by atoms with Crippen LogP contribution in [0.1, 0.15) is 26.2 Å². The molecule has 1 aliphatic heterocycles. The third kappa shape index (κ3) is 2.83. The van der Waals surface area contributed by atoms with Gasteiger partial charge in [0.2, 0.25) is 5.78 Å². The Hall–Kier alpha value is -0.840. The second-order valence-corrected chi connectivity index (χ2v) is 3.46. The zero-order valence-electron chi connectivity index (χ0n) is 7.89.